The molecule has 3 nitrogen and oxygen atoms in total. The summed E-state index contributed by atoms with van der Waals surface area (Å²) in [6, 6.07) is 15.2. The van der Waals surface area contributed by atoms with Crippen molar-refractivity contribution in [1.82, 2.24) is 0 Å². The van der Waals surface area contributed by atoms with Crippen LogP contribution in [0.25, 0.3) is 0 Å². The van der Waals surface area contributed by atoms with Crippen LogP contribution in [0.3, 0.4) is 0 Å². The molecule has 2 aromatic rings. The third-order valence-corrected chi connectivity index (χ3v) is 5.51. The number of hydrogen-bond donors (Lipinski definition) is 0. The Morgan fingerprint density at radius 3 is 2.50 bits per heavy atom. The summed E-state index contributed by atoms with van der Waals surface area (Å²) < 4.78 is 17.4. The van der Waals surface area contributed by atoms with Gasteiger partial charge in [-0.3, -0.25) is 0 Å². The minimum absolute atomic E-state index is 0.301. The number of aryl methyl sites for hydroxylation is 1. The maximum Gasteiger partial charge on any atom is 0.420 e. The van der Waals surface area contributed by atoms with Crippen LogP contribution in [0.1, 0.15) is 35.2 Å². The Hall–Kier alpha value is -1.70. The third-order valence-electron chi connectivity index (χ3n) is 3.80. The van der Waals surface area contributed by atoms with E-state index in [2.05, 4.69) is 12.1 Å². The summed E-state index contributed by atoms with van der Waals surface area (Å²) in [6.45, 7) is 0. The lowest BCUT2D eigenvalue weighted by atomic mass is 10.1. The molecular formula is C19H21ClO3P+. The highest BCUT2D eigenvalue weighted by atomic mass is 35.5. The second kappa shape index (κ2) is 9.56. The van der Waals surface area contributed by atoms with E-state index in [1.807, 2.05) is 18.2 Å². The molecule has 1 atom stereocenters. The van der Waals surface area contributed by atoms with Crippen molar-refractivity contribution >= 4 is 24.9 Å². The van der Waals surface area contributed by atoms with Crippen molar-refractivity contribution in [2.75, 3.05) is 13.3 Å². The highest BCUT2D eigenvalue weighted by Crippen LogP contribution is 2.36. The van der Waals surface area contributed by atoms with Crippen molar-refractivity contribution in [2.45, 2.75) is 25.7 Å². The molecule has 2 aromatic carbocycles. The summed E-state index contributed by atoms with van der Waals surface area (Å²) in [5.41, 5.74) is 1.23. The molecule has 126 valence electrons. The van der Waals surface area contributed by atoms with Gasteiger partial charge in [0, 0.05) is 0 Å². The van der Waals surface area contributed by atoms with E-state index in [1.165, 1.54) is 12.7 Å². The molecule has 0 bridgehead atoms. The summed E-state index contributed by atoms with van der Waals surface area (Å²) in [4.78, 5) is 12.3. The van der Waals surface area contributed by atoms with Crippen LogP contribution in [0.2, 0.25) is 5.02 Å². The van der Waals surface area contributed by atoms with E-state index in [1.54, 1.807) is 18.2 Å². The van der Waals surface area contributed by atoms with Gasteiger partial charge in [0.1, 0.15) is 5.56 Å². The average molecular weight is 364 g/mol. The first-order chi connectivity index (χ1) is 11.6. The molecule has 0 amide bonds. The van der Waals surface area contributed by atoms with Crippen LogP contribution in [0.15, 0.2) is 48.5 Å². The first-order valence-electron chi connectivity index (χ1n) is 7.99. The van der Waals surface area contributed by atoms with Crippen molar-refractivity contribution in [3.8, 4) is 5.75 Å². The molecule has 0 spiro atoms. The molecule has 0 aliphatic carbocycles. The first kappa shape index (κ1) is 18.6. The van der Waals surface area contributed by atoms with E-state index in [-0.39, 0.29) is 5.52 Å². The molecule has 0 saturated heterocycles. The maximum atomic E-state index is 12.3. The normalized spacial score (nSPS) is 11.2. The molecular weight excluding hydrogens is 343 g/mol. The van der Waals surface area contributed by atoms with E-state index >= 15 is 0 Å². The smallest absolute Gasteiger partial charge is 0.420 e. The summed E-state index contributed by atoms with van der Waals surface area (Å²) >= 11 is 6.01. The summed E-state index contributed by atoms with van der Waals surface area (Å²) in [5.74, 6) is 0.302. The van der Waals surface area contributed by atoms with Gasteiger partial charge >= 0.3 is 13.3 Å². The van der Waals surface area contributed by atoms with Gasteiger partial charge in [-0.15, -0.1) is 0 Å². The summed E-state index contributed by atoms with van der Waals surface area (Å²) in [5, 5.41) is 0.356. The van der Waals surface area contributed by atoms with Gasteiger partial charge < -0.3 is 4.74 Å². The molecule has 5 heteroatoms. The van der Waals surface area contributed by atoms with Crippen LogP contribution in [-0.4, -0.2) is 18.8 Å². The van der Waals surface area contributed by atoms with E-state index in [4.69, 9.17) is 16.3 Å². The number of para-hydroxylation sites is 1. The largest absolute Gasteiger partial charge is 0.494 e. The van der Waals surface area contributed by atoms with E-state index in [9.17, 15) is 9.36 Å². The number of carbonyl (C=O) groups is 1. The van der Waals surface area contributed by atoms with Gasteiger partial charge in [-0.2, -0.15) is 0 Å². The molecule has 0 fully saturated rings. The standard InChI is InChI=1S/C19H21ClO3P/c1-23-18-16(12-8-13-17(18)20)19(21)24(22)14-7-3-6-11-15-9-4-2-5-10-15/h2,4-5,8-10,12-13H,3,6-7,11,14H2,1H3/q+1. The number of carbonyl (C=O) groups excluding carboxylic acids is 1. The monoisotopic (exact) mass is 363 g/mol. The number of unbranched alkanes of at least 4 members (excludes halogenated alkanes) is 2. The van der Waals surface area contributed by atoms with Gasteiger partial charge in [0.25, 0.3) is 0 Å². The second-order valence-corrected chi connectivity index (χ2v) is 7.54. The Morgan fingerprint density at radius 1 is 1.04 bits per heavy atom. The predicted molar refractivity (Wildman–Crippen MR) is 98.8 cm³/mol. The topological polar surface area (TPSA) is 43.4 Å². The Labute approximate surface area is 148 Å². The first-order valence-corrected chi connectivity index (χ1v) is 9.81. The number of halogens is 1. The molecule has 24 heavy (non-hydrogen) atoms. The highest BCUT2D eigenvalue weighted by molar-refractivity contribution is 7.64. The second-order valence-electron chi connectivity index (χ2n) is 5.52. The van der Waals surface area contributed by atoms with E-state index in [0.717, 1.165) is 25.7 Å². The Balaban J connectivity index is 1.80. The zero-order valence-electron chi connectivity index (χ0n) is 13.7. The zero-order chi connectivity index (χ0) is 17.4. The SMILES string of the molecule is COc1c(Cl)cccc1C(=O)[P+](=O)CCCCCc1ccccc1. The van der Waals surface area contributed by atoms with Crippen molar-refractivity contribution in [2.24, 2.45) is 0 Å². The van der Waals surface area contributed by atoms with E-state index < -0.39 is 7.80 Å². The van der Waals surface area contributed by atoms with Crippen molar-refractivity contribution in [1.29, 1.82) is 0 Å². The molecule has 0 N–H and O–H groups in total. The van der Waals surface area contributed by atoms with Crippen molar-refractivity contribution < 1.29 is 14.1 Å². The van der Waals surface area contributed by atoms with Gasteiger partial charge in [0.15, 0.2) is 11.9 Å². The van der Waals surface area contributed by atoms with Crippen LogP contribution in [-0.2, 0) is 11.0 Å². The van der Waals surface area contributed by atoms with Crippen LogP contribution in [0.5, 0.6) is 5.75 Å². The Bertz CT molecular complexity index is 701. The van der Waals surface area contributed by atoms with Crippen LogP contribution < -0.4 is 4.74 Å². The molecule has 0 aliphatic heterocycles. The third kappa shape index (κ3) is 5.15. The van der Waals surface area contributed by atoms with Crippen LogP contribution >= 0.6 is 19.4 Å². The number of benzene rings is 2. The quantitative estimate of drug-likeness (QED) is 0.422. The zero-order valence-corrected chi connectivity index (χ0v) is 15.4. The Morgan fingerprint density at radius 2 is 1.79 bits per heavy atom. The van der Waals surface area contributed by atoms with E-state index in [0.29, 0.717) is 22.5 Å². The number of ether oxygens (including phenoxy) is 1. The van der Waals surface area contributed by atoms with Crippen molar-refractivity contribution in [3.05, 3.63) is 64.7 Å². The fourth-order valence-electron chi connectivity index (χ4n) is 2.53. The van der Waals surface area contributed by atoms with Crippen LogP contribution in [0.4, 0.5) is 0 Å². The number of methoxy groups -OCH3 is 1. The van der Waals surface area contributed by atoms with Gasteiger partial charge in [0.05, 0.1) is 12.1 Å². The Kier molecular flexibility index (Phi) is 7.42. The highest BCUT2D eigenvalue weighted by Gasteiger charge is 2.32. The molecule has 0 aliphatic rings. The lowest BCUT2D eigenvalue weighted by Gasteiger charge is -2.04. The maximum absolute atomic E-state index is 12.3. The molecule has 1 unspecified atom stereocenters. The minimum atomic E-state index is -1.95. The molecule has 0 radical (unpaired) electrons. The number of rotatable bonds is 9. The van der Waals surface area contributed by atoms with Gasteiger partial charge in [-0.05, 0) is 43.4 Å². The van der Waals surface area contributed by atoms with Gasteiger partial charge in [-0.1, -0.05) is 52.6 Å². The minimum Gasteiger partial charge on any atom is -0.494 e. The molecule has 2 rings (SSSR count). The average Bonchev–Trinajstić information content (AvgIpc) is 2.61. The fourth-order valence-corrected chi connectivity index (χ4v) is 3.94. The van der Waals surface area contributed by atoms with Crippen molar-refractivity contribution in [3.63, 3.8) is 0 Å². The van der Waals surface area contributed by atoms with Gasteiger partial charge in [-0.25, -0.2) is 4.79 Å². The number of hydrogen-bond acceptors (Lipinski definition) is 3. The fraction of sp³-hybridized carbons (Fsp3) is 0.316. The molecule has 0 saturated carbocycles. The lowest BCUT2D eigenvalue weighted by Crippen LogP contribution is -2.00. The summed E-state index contributed by atoms with van der Waals surface area (Å²) in [6.07, 6.45) is 4.17. The van der Waals surface area contributed by atoms with Gasteiger partial charge in [0.2, 0.25) is 0 Å². The molecule has 0 heterocycles. The lowest BCUT2D eigenvalue weighted by molar-refractivity contribution is 0.107. The predicted octanol–water partition coefficient (Wildman–Crippen LogP) is 5.73. The van der Waals surface area contributed by atoms with Crippen LogP contribution in [0, 0.1) is 0 Å². The molecule has 0 aromatic heterocycles. The summed E-state index contributed by atoms with van der Waals surface area (Å²) in [7, 11) is -0.498.